The summed E-state index contributed by atoms with van der Waals surface area (Å²) in [4.78, 5) is 32.7. The molecule has 0 fully saturated rings. The second kappa shape index (κ2) is 49.8. The van der Waals surface area contributed by atoms with Gasteiger partial charge in [-0.2, -0.15) is 8.75 Å². The van der Waals surface area contributed by atoms with Gasteiger partial charge in [0.1, 0.15) is 11.0 Å². The van der Waals surface area contributed by atoms with Crippen molar-refractivity contribution in [1.82, 2.24) is 8.75 Å². The lowest BCUT2D eigenvalue weighted by atomic mass is 9.92. The lowest BCUT2D eigenvalue weighted by molar-refractivity contribution is 0.608. The van der Waals surface area contributed by atoms with Crippen LogP contribution >= 0.6 is 148 Å². The molecule has 129 heavy (non-hydrogen) atoms. The predicted molar refractivity (Wildman–Crippen MR) is 590 cm³/mol. The van der Waals surface area contributed by atoms with E-state index in [1.807, 2.05) is 136 Å². The summed E-state index contributed by atoms with van der Waals surface area (Å²) in [6.07, 6.45) is 66.9. The molecule has 0 saturated carbocycles. The van der Waals surface area contributed by atoms with E-state index in [-0.39, 0.29) is 0 Å². The van der Waals surface area contributed by atoms with E-state index in [2.05, 4.69) is 201 Å². The Labute approximate surface area is 826 Å². The molecule has 0 unspecified atom stereocenters. The normalized spacial score (nSPS) is 11.8. The van der Waals surface area contributed by atoms with Gasteiger partial charge in [-0.05, 0) is 239 Å². The molecule has 0 aliphatic heterocycles. The van der Waals surface area contributed by atoms with Gasteiger partial charge in [-0.25, -0.2) is 0 Å². The molecule has 0 radical (unpaired) electrons. The van der Waals surface area contributed by atoms with Crippen LogP contribution in [0.1, 0.15) is 328 Å². The number of nitrogens with zero attached hydrogens (tertiary/aromatic N) is 2. The number of hydrogen-bond acceptors (Lipinski definition) is 15. The number of benzene rings is 2. The first kappa shape index (κ1) is 97.3. The van der Waals surface area contributed by atoms with Crippen LogP contribution in [0.2, 0.25) is 0 Å². The first-order valence-corrected chi connectivity index (χ1v) is 59.7. The molecular weight excluding hydrogens is 1810 g/mol. The van der Waals surface area contributed by atoms with Crippen molar-refractivity contribution in [3.8, 4) is 154 Å². The van der Waals surface area contributed by atoms with Crippen molar-refractivity contribution in [1.29, 1.82) is 0 Å². The van der Waals surface area contributed by atoms with Crippen LogP contribution in [0.25, 0.3) is 140 Å². The fourth-order valence-corrected chi connectivity index (χ4v) is 33.4. The molecule has 15 heteroatoms. The third-order valence-electron chi connectivity index (χ3n) is 25.5. The van der Waals surface area contributed by atoms with Gasteiger partial charge in [-0.1, -0.05) is 276 Å². The average molecular weight is 1950 g/mol. The third kappa shape index (κ3) is 25.1. The van der Waals surface area contributed by atoms with Crippen LogP contribution in [0.15, 0.2) is 133 Å². The summed E-state index contributed by atoms with van der Waals surface area (Å²) >= 11 is 24.9. The first-order chi connectivity index (χ1) is 63.5. The Morgan fingerprint density at radius 1 is 0.233 bits per heavy atom. The van der Waals surface area contributed by atoms with Crippen LogP contribution in [0.5, 0.6) is 0 Å². The molecular formula is C114H132N2S13. The molecule has 0 atom stereocenters. The van der Waals surface area contributed by atoms with Crippen molar-refractivity contribution in [3.63, 3.8) is 0 Å². The molecule has 676 valence electrons. The van der Waals surface area contributed by atoms with Gasteiger partial charge in [0.2, 0.25) is 0 Å². The van der Waals surface area contributed by atoms with Gasteiger partial charge in [0, 0.05) is 128 Å². The molecule has 15 rings (SSSR count). The predicted octanol–water partition coefficient (Wildman–Crippen LogP) is 42.1. The number of hydrogen-bond donors (Lipinski definition) is 0. The molecule has 0 bridgehead atoms. The van der Waals surface area contributed by atoms with E-state index in [4.69, 9.17) is 21.6 Å². The maximum atomic E-state index is 6.81. The van der Waals surface area contributed by atoms with Gasteiger partial charge in [0.05, 0.1) is 22.9 Å². The summed E-state index contributed by atoms with van der Waals surface area (Å²) < 4.78 is 10.3. The van der Waals surface area contributed by atoms with Gasteiger partial charge in [0.25, 0.3) is 0 Å². The van der Waals surface area contributed by atoms with Crippen molar-refractivity contribution in [2.24, 2.45) is 0 Å². The molecule has 13 heterocycles. The zero-order valence-corrected chi connectivity index (χ0v) is 88.4. The molecule has 15 aromatic rings. The standard InChI is InChI=1S/C114H132N2S13/c1-11-19-25-31-37-43-51-80-71-78(10)117-109(80)94-64-60-90(120-94)103-75-84(55-47-41-35-29-23-15-5)113(127-103)98-68-66-96(122-98)111-82(53-45-39-33-27-21-13-3)73-101(125-111)88-58-62-92(118-88)105-86(17-7)87(18-8)106(108-107(105)115-129-116-108)93-63-59-89(119-93)102-74-83(54-46-40-34-28-22-14-4)112(126-102)97-67-69-99(123-97)114-85(56-48-42-36-30-24-16-6)76-104(128-114)91-61-65-95(121-91)110-81(52-44-38-32-26-20-12-2)72-100(124-110)79-57-49-50-77(9)70-79/h7-8,49-50,57-76H,11-16,19-48,51-56H2,1-6,9-10H3. The van der Waals surface area contributed by atoms with Crippen LogP contribution in [-0.2, 0) is 38.5 Å². The van der Waals surface area contributed by atoms with E-state index in [9.17, 15) is 0 Å². The molecule has 13 aromatic heterocycles. The van der Waals surface area contributed by atoms with Gasteiger partial charge in [0.15, 0.2) is 0 Å². The quantitative estimate of drug-likeness (QED) is 0.0280. The van der Waals surface area contributed by atoms with Crippen molar-refractivity contribution >= 4 is 159 Å². The van der Waals surface area contributed by atoms with Gasteiger partial charge >= 0.3 is 0 Å². The number of unbranched alkanes of at least 4 members (excludes halogenated alkanes) is 30. The number of aryl methyl sites for hydroxylation is 8. The number of thiophene rings is 12. The van der Waals surface area contributed by atoms with E-state index in [1.165, 1.54) is 396 Å². The number of aromatic nitrogens is 2. The minimum atomic E-state index is 0.718. The first-order valence-electron chi connectivity index (χ1n) is 49.2. The Morgan fingerprint density at radius 2 is 0.473 bits per heavy atom. The molecule has 0 saturated heterocycles. The maximum absolute atomic E-state index is 6.81. The number of fused-ring (bicyclic) bond motifs is 1. The van der Waals surface area contributed by atoms with Crippen LogP contribution in [0.3, 0.4) is 0 Å². The summed E-state index contributed by atoms with van der Waals surface area (Å²) in [6, 6.07) is 53.0. The minimum Gasteiger partial charge on any atom is -0.172 e. The molecule has 0 amide bonds. The summed E-state index contributed by atoms with van der Waals surface area (Å²) in [5, 5.41) is 0. The monoisotopic (exact) mass is 1940 g/mol. The smallest absolute Gasteiger partial charge is 0.115 e. The second-order valence-electron chi connectivity index (χ2n) is 35.7. The second-order valence-corrected chi connectivity index (χ2v) is 49.3. The van der Waals surface area contributed by atoms with E-state index in [0.29, 0.717) is 0 Å². The highest BCUT2D eigenvalue weighted by Crippen LogP contribution is 2.55. The van der Waals surface area contributed by atoms with Crippen molar-refractivity contribution < 1.29 is 0 Å². The Kier molecular flexibility index (Phi) is 37.6. The molecule has 0 N–H and O–H groups in total. The van der Waals surface area contributed by atoms with E-state index in [1.54, 1.807) is 5.56 Å². The fraction of sp³-hybridized carbons (Fsp3) is 0.439. The Balaban J connectivity index is 0.711. The SMILES string of the molecule is C#Cc1c(C#C)c(-c2ccc(-c3cc(CCCCCCCC)c(-c4ccc(-c5sc(-c6ccc(-c7sc(-c8cccc(C)c8)cc7CCCCCCCC)s6)cc5CCCCCCCC)s4)s3)s2)c2nsnc2c1-c1ccc(-c2cc(CCCCCCCC)c(-c3ccc(-c4sc(-c5ccc(-c6sc(C)cc6CCCCCCCC)s5)cc4CCCCCCCC)s3)s2)s1. The van der Waals surface area contributed by atoms with E-state index >= 15 is 0 Å². The van der Waals surface area contributed by atoms with E-state index in [0.717, 1.165) is 75.1 Å². The third-order valence-corrected chi connectivity index (χ3v) is 41.5. The van der Waals surface area contributed by atoms with E-state index < -0.39 is 0 Å². The van der Waals surface area contributed by atoms with Crippen LogP contribution in [0, 0.1) is 38.5 Å². The topological polar surface area (TPSA) is 25.8 Å². The summed E-state index contributed by atoms with van der Waals surface area (Å²) in [7, 11) is 0. The highest BCUT2D eigenvalue weighted by molar-refractivity contribution is 7.32. The highest BCUT2D eigenvalue weighted by atomic mass is 32.2. The molecule has 2 aromatic carbocycles. The molecule has 0 aliphatic carbocycles. The average Bonchev–Trinajstić information content (AvgIpc) is 1.48. The Morgan fingerprint density at radius 3 is 0.767 bits per heavy atom. The minimum absolute atomic E-state index is 0.718. The lowest BCUT2D eigenvalue weighted by Gasteiger charge is -2.11. The molecule has 0 spiro atoms. The summed E-state index contributed by atoms with van der Waals surface area (Å²) in [5.41, 5.74) is 16.6. The summed E-state index contributed by atoms with van der Waals surface area (Å²) in [5.74, 6) is 6.39. The fourth-order valence-electron chi connectivity index (χ4n) is 18.4. The number of rotatable bonds is 55. The van der Waals surface area contributed by atoms with Gasteiger partial charge in [-0.15, -0.1) is 149 Å². The summed E-state index contributed by atoms with van der Waals surface area (Å²) in [6.45, 7) is 18.4. The Bertz CT molecular complexity index is 6060. The van der Waals surface area contributed by atoms with Crippen molar-refractivity contribution in [3.05, 3.63) is 188 Å². The largest absolute Gasteiger partial charge is 0.172 e. The lowest BCUT2D eigenvalue weighted by Crippen LogP contribution is -1.95. The van der Waals surface area contributed by atoms with Crippen LogP contribution < -0.4 is 0 Å². The number of terminal acetylenes is 2. The van der Waals surface area contributed by atoms with Gasteiger partial charge < -0.3 is 0 Å². The maximum Gasteiger partial charge on any atom is 0.115 e. The van der Waals surface area contributed by atoms with Crippen molar-refractivity contribution in [2.75, 3.05) is 0 Å². The molecule has 0 aliphatic rings. The van der Waals surface area contributed by atoms with Gasteiger partial charge in [-0.3, -0.25) is 0 Å². The highest BCUT2D eigenvalue weighted by Gasteiger charge is 2.29. The zero-order valence-electron chi connectivity index (χ0n) is 77.8. The van der Waals surface area contributed by atoms with Crippen LogP contribution in [0.4, 0.5) is 0 Å². The van der Waals surface area contributed by atoms with Crippen molar-refractivity contribution in [2.45, 2.75) is 325 Å². The zero-order chi connectivity index (χ0) is 89.2. The molecule has 2 nitrogen and oxygen atoms in total. The van der Waals surface area contributed by atoms with Crippen LogP contribution in [-0.4, -0.2) is 8.75 Å². The Hall–Kier alpha value is -6.22.